The highest BCUT2D eigenvalue weighted by molar-refractivity contribution is 6.31. The molecule has 18 heavy (non-hydrogen) atoms. The van der Waals surface area contributed by atoms with Gasteiger partial charge in [-0.05, 0) is 18.2 Å². The molecular weight excluding hydrogens is 263 g/mol. The third-order valence-electron chi connectivity index (χ3n) is 2.17. The maximum Gasteiger partial charge on any atom is 0.315 e. The summed E-state index contributed by atoms with van der Waals surface area (Å²) in [6.07, 6.45) is -0.113. The van der Waals surface area contributed by atoms with Crippen LogP contribution in [-0.4, -0.2) is 23.2 Å². The van der Waals surface area contributed by atoms with Gasteiger partial charge in [-0.25, -0.2) is 4.39 Å². The van der Waals surface area contributed by atoms with Gasteiger partial charge in [0.2, 0.25) is 11.7 Å². The standard InChI is InChI=1S/C11H8ClFN2O3/c1-17-10(16)5-9-14-11(15-18-9)6-2-3-8(13)7(12)4-6/h2-4H,5H2,1H3. The monoisotopic (exact) mass is 270 g/mol. The highest BCUT2D eigenvalue weighted by atomic mass is 35.5. The van der Waals surface area contributed by atoms with Crippen LogP contribution in [0.3, 0.4) is 0 Å². The molecule has 5 nitrogen and oxygen atoms in total. The molecule has 0 aliphatic rings. The van der Waals surface area contributed by atoms with Crippen molar-refractivity contribution in [1.82, 2.24) is 10.1 Å². The van der Waals surface area contributed by atoms with E-state index in [4.69, 9.17) is 16.1 Å². The van der Waals surface area contributed by atoms with E-state index in [1.165, 1.54) is 25.3 Å². The SMILES string of the molecule is COC(=O)Cc1nc(-c2ccc(F)c(Cl)c2)no1. The molecule has 1 aromatic carbocycles. The van der Waals surface area contributed by atoms with E-state index >= 15 is 0 Å². The maximum absolute atomic E-state index is 13.0. The summed E-state index contributed by atoms with van der Waals surface area (Å²) in [4.78, 5) is 15.0. The Bertz CT molecular complexity index is 585. The summed E-state index contributed by atoms with van der Waals surface area (Å²) in [6, 6.07) is 4.05. The first-order chi connectivity index (χ1) is 8.60. The maximum atomic E-state index is 13.0. The number of esters is 1. The third kappa shape index (κ3) is 2.65. The van der Waals surface area contributed by atoms with Gasteiger partial charge in [0.1, 0.15) is 12.2 Å². The predicted molar refractivity (Wildman–Crippen MR) is 60.4 cm³/mol. The summed E-state index contributed by atoms with van der Waals surface area (Å²) in [5.74, 6) is -0.658. The number of rotatable bonds is 3. The normalized spacial score (nSPS) is 10.4. The fourth-order valence-corrected chi connectivity index (χ4v) is 1.46. The Morgan fingerprint density at radius 2 is 2.33 bits per heavy atom. The number of carbonyl (C=O) groups is 1. The Morgan fingerprint density at radius 3 is 3.00 bits per heavy atom. The molecule has 2 aromatic rings. The van der Waals surface area contributed by atoms with E-state index in [1.807, 2.05) is 0 Å². The van der Waals surface area contributed by atoms with Gasteiger partial charge in [-0.1, -0.05) is 16.8 Å². The van der Waals surface area contributed by atoms with Crippen LogP contribution >= 0.6 is 11.6 Å². The molecule has 2 rings (SSSR count). The average Bonchev–Trinajstić information content (AvgIpc) is 2.81. The number of benzene rings is 1. The van der Waals surface area contributed by atoms with Crippen molar-refractivity contribution in [1.29, 1.82) is 0 Å². The summed E-state index contributed by atoms with van der Waals surface area (Å²) in [6.45, 7) is 0. The first-order valence-corrected chi connectivity index (χ1v) is 5.33. The van der Waals surface area contributed by atoms with Crippen LogP contribution in [0.1, 0.15) is 5.89 Å². The first kappa shape index (κ1) is 12.5. The van der Waals surface area contributed by atoms with Crippen LogP contribution in [0.4, 0.5) is 4.39 Å². The Balaban J connectivity index is 2.23. The second-order valence-electron chi connectivity index (χ2n) is 3.39. The Kier molecular flexibility index (Phi) is 3.57. The van der Waals surface area contributed by atoms with E-state index in [-0.39, 0.29) is 23.2 Å². The number of hydrogen-bond donors (Lipinski definition) is 0. The molecule has 0 amide bonds. The third-order valence-corrected chi connectivity index (χ3v) is 2.46. The molecule has 0 N–H and O–H groups in total. The topological polar surface area (TPSA) is 65.2 Å². The van der Waals surface area contributed by atoms with E-state index in [0.29, 0.717) is 5.56 Å². The Hall–Kier alpha value is -1.95. The lowest BCUT2D eigenvalue weighted by molar-refractivity contribution is -0.140. The van der Waals surface area contributed by atoms with Crippen molar-refractivity contribution in [2.75, 3.05) is 7.11 Å². The largest absolute Gasteiger partial charge is 0.469 e. The molecule has 0 aliphatic heterocycles. The second-order valence-corrected chi connectivity index (χ2v) is 3.80. The van der Waals surface area contributed by atoms with E-state index in [0.717, 1.165) is 0 Å². The molecular formula is C11H8ClFN2O3. The molecule has 0 aliphatic carbocycles. The van der Waals surface area contributed by atoms with Gasteiger partial charge in [0.25, 0.3) is 0 Å². The first-order valence-electron chi connectivity index (χ1n) is 4.95. The van der Waals surface area contributed by atoms with Crippen molar-refractivity contribution in [3.05, 3.63) is 34.9 Å². The van der Waals surface area contributed by atoms with Gasteiger partial charge in [0.05, 0.1) is 12.1 Å². The van der Waals surface area contributed by atoms with Gasteiger partial charge in [-0.2, -0.15) is 4.98 Å². The Morgan fingerprint density at radius 1 is 1.56 bits per heavy atom. The van der Waals surface area contributed by atoms with Crippen molar-refractivity contribution in [2.45, 2.75) is 6.42 Å². The van der Waals surface area contributed by atoms with Crippen molar-refractivity contribution in [2.24, 2.45) is 0 Å². The zero-order valence-electron chi connectivity index (χ0n) is 9.31. The van der Waals surface area contributed by atoms with E-state index in [1.54, 1.807) is 0 Å². The molecule has 0 radical (unpaired) electrons. The summed E-state index contributed by atoms with van der Waals surface area (Å²) in [7, 11) is 1.26. The lowest BCUT2D eigenvalue weighted by atomic mass is 10.2. The van der Waals surface area contributed by atoms with Crippen LogP contribution in [0.5, 0.6) is 0 Å². The van der Waals surface area contributed by atoms with Crippen molar-refractivity contribution in [3.8, 4) is 11.4 Å². The quantitative estimate of drug-likeness (QED) is 0.800. The summed E-state index contributed by atoms with van der Waals surface area (Å²) < 4.78 is 22.3. The van der Waals surface area contributed by atoms with Crippen LogP contribution in [0.2, 0.25) is 5.02 Å². The summed E-state index contributed by atoms with van der Waals surface area (Å²) in [5, 5.41) is 3.63. The number of hydrogen-bond acceptors (Lipinski definition) is 5. The molecule has 0 bridgehead atoms. The molecule has 0 spiro atoms. The average molecular weight is 271 g/mol. The van der Waals surface area contributed by atoms with Crippen LogP contribution < -0.4 is 0 Å². The molecule has 0 atom stereocenters. The zero-order valence-corrected chi connectivity index (χ0v) is 10.1. The molecule has 7 heteroatoms. The van der Waals surface area contributed by atoms with Gasteiger partial charge in [0, 0.05) is 5.56 Å². The number of nitrogens with zero attached hydrogens (tertiary/aromatic N) is 2. The summed E-state index contributed by atoms with van der Waals surface area (Å²) >= 11 is 5.64. The second kappa shape index (κ2) is 5.14. The van der Waals surface area contributed by atoms with Gasteiger partial charge in [-0.15, -0.1) is 0 Å². The molecule has 1 aromatic heterocycles. The van der Waals surface area contributed by atoms with Crippen molar-refractivity contribution < 1.29 is 18.4 Å². The van der Waals surface area contributed by atoms with Crippen LogP contribution in [0.25, 0.3) is 11.4 Å². The van der Waals surface area contributed by atoms with Gasteiger partial charge >= 0.3 is 5.97 Å². The molecule has 0 fully saturated rings. The van der Waals surface area contributed by atoms with E-state index in [9.17, 15) is 9.18 Å². The fraction of sp³-hybridized carbons (Fsp3) is 0.182. The van der Waals surface area contributed by atoms with Crippen LogP contribution in [-0.2, 0) is 16.0 Å². The minimum Gasteiger partial charge on any atom is -0.469 e. The Labute approximate surface area is 107 Å². The van der Waals surface area contributed by atoms with Crippen LogP contribution in [0, 0.1) is 5.82 Å². The lowest BCUT2D eigenvalue weighted by Gasteiger charge is -1.96. The van der Waals surface area contributed by atoms with Crippen molar-refractivity contribution >= 4 is 17.6 Å². The minimum atomic E-state index is -0.529. The number of carbonyl (C=O) groups excluding carboxylic acids is 1. The van der Waals surface area contributed by atoms with Crippen molar-refractivity contribution in [3.63, 3.8) is 0 Å². The van der Waals surface area contributed by atoms with Gasteiger partial charge in [0.15, 0.2) is 0 Å². The molecule has 1 heterocycles. The van der Waals surface area contributed by atoms with Gasteiger partial charge < -0.3 is 9.26 Å². The zero-order chi connectivity index (χ0) is 13.1. The molecule has 0 unspecified atom stereocenters. The highest BCUT2D eigenvalue weighted by Gasteiger charge is 2.13. The molecule has 0 saturated carbocycles. The predicted octanol–water partition coefficient (Wildman–Crippen LogP) is 2.24. The van der Waals surface area contributed by atoms with Crippen LogP contribution in [0.15, 0.2) is 22.7 Å². The lowest BCUT2D eigenvalue weighted by Crippen LogP contribution is -2.04. The summed E-state index contributed by atoms with van der Waals surface area (Å²) in [5.41, 5.74) is 0.501. The molecule has 94 valence electrons. The number of halogens is 2. The smallest absolute Gasteiger partial charge is 0.315 e. The highest BCUT2D eigenvalue weighted by Crippen LogP contribution is 2.22. The number of methoxy groups -OCH3 is 1. The fourth-order valence-electron chi connectivity index (χ4n) is 1.27. The number of aromatic nitrogens is 2. The molecule has 0 saturated heterocycles. The van der Waals surface area contributed by atoms with Gasteiger partial charge in [-0.3, -0.25) is 4.79 Å². The van der Waals surface area contributed by atoms with E-state index in [2.05, 4.69) is 14.9 Å². The minimum absolute atomic E-state index is 0.0354. The van der Waals surface area contributed by atoms with E-state index < -0.39 is 11.8 Å². The number of ether oxygens (including phenoxy) is 1.